The van der Waals surface area contributed by atoms with Gasteiger partial charge in [-0.15, -0.1) is 10.2 Å². The Hall–Kier alpha value is -2.36. The maximum atomic E-state index is 12.9. The lowest BCUT2D eigenvalue weighted by Crippen LogP contribution is -2.29. The Morgan fingerprint density at radius 3 is 2.64 bits per heavy atom. The van der Waals surface area contributed by atoms with Crippen LogP contribution >= 0.6 is 11.3 Å². The molecule has 3 aliphatic heterocycles. The van der Waals surface area contributed by atoms with Gasteiger partial charge in [0.1, 0.15) is 5.01 Å². The minimum absolute atomic E-state index is 0. The van der Waals surface area contributed by atoms with E-state index in [2.05, 4.69) is 32.5 Å². The van der Waals surface area contributed by atoms with E-state index in [1.165, 1.54) is 42.6 Å². The number of ether oxygens (including phenoxy) is 1. The fourth-order valence-electron chi connectivity index (χ4n) is 5.22. The summed E-state index contributed by atoms with van der Waals surface area (Å²) in [6.07, 6.45) is 9.63. The first-order valence-electron chi connectivity index (χ1n) is 13.0. The molecule has 2 aromatic rings. The molecule has 0 saturated carbocycles. The van der Waals surface area contributed by atoms with Gasteiger partial charge in [0.2, 0.25) is 16.9 Å². The minimum atomic E-state index is -0.390. The van der Waals surface area contributed by atoms with Gasteiger partial charge in [0, 0.05) is 38.2 Å². The molecule has 196 valence electrons. The SMILES string of the molecule is C.O=C(Nc1nnc(CCC2CCCCO2)s1)[C@H]1CC(=O)N(c2ccc(CN3CCCCC3)cc2)C1. The zero-order chi connectivity index (χ0) is 24.0. The van der Waals surface area contributed by atoms with Gasteiger partial charge in [0.05, 0.1) is 12.0 Å². The van der Waals surface area contributed by atoms with Gasteiger partial charge in [0.25, 0.3) is 0 Å². The predicted octanol–water partition coefficient (Wildman–Crippen LogP) is 4.65. The number of carbonyl (C=O) groups is 2. The Morgan fingerprint density at radius 2 is 1.89 bits per heavy atom. The summed E-state index contributed by atoms with van der Waals surface area (Å²) in [6.45, 7) is 4.52. The van der Waals surface area contributed by atoms with Crippen molar-refractivity contribution in [3.05, 3.63) is 34.8 Å². The highest BCUT2D eigenvalue weighted by atomic mass is 32.1. The predicted molar refractivity (Wildman–Crippen MR) is 143 cm³/mol. The molecule has 3 aliphatic rings. The maximum absolute atomic E-state index is 12.9. The van der Waals surface area contributed by atoms with Crippen LogP contribution < -0.4 is 10.2 Å². The van der Waals surface area contributed by atoms with E-state index in [1.54, 1.807) is 4.90 Å². The van der Waals surface area contributed by atoms with Crippen LogP contribution in [-0.2, 0) is 27.3 Å². The van der Waals surface area contributed by atoms with Crippen LogP contribution in [0.15, 0.2) is 24.3 Å². The number of aryl methyl sites for hydroxylation is 1. The van der Waals surface area contributed by atoms with Gasteiger partial charge >= 0.3 is 0 Å². The lowest BCUT2D eigenvalue weighted by molar-refractivity contribution is -0.122. The fraction of sp³-hybridized carbons (Fsp3) is 0.630. The standard InChI is InChI=1S/C26H35N5O3S.CH4/c32-24-16-20(18-31(24)21-9-7-19(8-10-21)17-30-13-3-1-4-14-30)25(33)27-26-29-28-23(35-26)12-11-22-6-2-5-15-34-22;/h7-10,20,22H,1-6,11-18H2,(H,27,29,33);1H4/t20-,22?;/m0./s1. The van der Waals surface area contributed by atoms with E-state index in [9.17, 15) is 9.59 Å². The number of hydrogen-bond donors (Lipinski definition) is 1. The average Bonchev–Trinajstić information content (AvgIpc) is 3.51. The van der Waals surface area contributed by atoms with E-state index in [0.717, 1.165) is 62.6 Å². The third-order valence-corrected chi connectivity index (χ3v) is 8.15. The van der Waals surface area contributed by atoms with E-state index in [1.807, 2.05) is 12.1 Å². The lowest BCUT2D eigenvalue weighted by Gasteiger charge is -2.26. The topological polar surface area (TPSA) is 87.7 Å². The molecule has 9 heteroatoms. The fourth-order valence-corrected chi connectivity index (χ4v) is 5.98. The summed E-state index contributed by atoms with van der Waals surface area (Å²) in [5.74, 6) is -0.571. The molecule has 1 aromatic heterocycles. The van der Waals surface area contributed by atoms with Gasteiger partial charge < -0.3 is 15.0 Å². The third kappa shape index (κ3) is 6.89. The summed E-state index contributed by atoms with van der Waals surface area (Å²) in [5, 5.41) is 12.7. The van der Waals surface area contributed by atoms with Crippen LogP contribution in [0.5, 0.6) is 0 Å². The van der Waals surface area contributed by atoms with Crippen molar-refractivity contribution in [2.75, 3.05) is 36.5 Å². The summed E-state index contributed by atoms with van der Waals surface area (Å²) >= 11 is 1.41. The number of piperidine rings is 1. The van der Waals surface area contributed by atoms with Crippen molar-refractivity contribution in [3.63, 3.8) is 0 Å². The molecule has 1 aromatic carbocycles. The highest BCUT2D eigenvalue weighted by Crippen LogP contribution is 2.28. The Balaban J connectivity index is 0.00000304. The Kier molecular flexibility index (Phi) is 9.45. The van der Waals surface area contributed by atoms with Crippen LogP contribution in [0, 0.1) is 5.92 Å². The van der Waals surface area contributed by atoms with Gasteiger partial charge in [-0.1, -0.05) is 37.3 Å². The van der Waals surface area contributed by atoms with Crippen molar-refractivity contribution in [1.29, 1.82) is 0 Å². The van der Waals surface area contributed by atoms with Crippen molar-refractivity contribution < 1.29 is 14.3 Å². The van der Waals surface area contributed by atoms with Crippen LogP contribution in [0.4, 0.5) is 10.8 Å². The molecule has 8 nitrogen and oxygen atoms in total. The first kappa shape index (κ1) is 26.7. The molecule has 5 rings (SSSR count). The Bertz CT molecular complexity index is 999. The molecule has 0 aliphatic carbocycles. The monoisotopic (exact) mass is 513 g/mol. The second-order valence-corrected chi connectivity index (χ2v) is 11.0. The van der Waals surface area contributed by atoms with E-state index >= 15 is 0 Å². The number of nitrogens with zero attached hydrogens (tertiary/aromatic N) is 4. The van der Waals surface area contributed by atoms with E-state index in [0.29, 0.717) is 17.8 Å². The number of carbonyl (C=O) groups excluding carboxylic acids is 2. The summed E-state index contributed by atoms with van der Waals surface area (Å²) in [6, 6.07) is 8.21. The molecular weight excluding hydrogens is 474 g/mol. The number of benzene rings is 1. The van der Waals surface area contributed by atoms with Crippen LogP contribution in [0.3, 0.4) is 0 Å². The van der Waals surface area contributed by atoms with Crippen molar-refractivity contribution >= 4 is 34.0 Å². The van der Waals surface area contributed by atoms with Crippen molar-refractivity contribution in [1.82, 2.24) is 15.1 Å². The first-order chi connectivity index (χ1) is 17.1. The van der Waals surface area contributed by atoms with Crippen LogP contribution in [-0.4, -0.2) is 59.3 Å². The quantitative estimate of drug-likeness (QED) is 0.553. The number of rotatable bonds is 8. The number of nitrogens with one attached hydrogen (secondary N) is 1. The second kappa shape index (κ2) is 12.7. The summed E-state index contributed by atoms with van der Waals surface area (Å²) < 4.78 is 5.78. The molecule has 2 atom stereocenters. The molecule has 0 radical (unpaired) electrons. The van der Waals surface area contributed by atoms with E-state index in [4.69, 9.17) is 4.74 Å². The van der Waals surface area contributed by atoms with Crippen LogP contribution in [0.2, 0.25) is 0 Å². The molecular formula is C27H39N5O3S. The molecule has 0 bridgehead atoms. The highest BCUT2D eigenvalue weighted by Gasteiger charge is 2.35. The molecule has 3 fully saturated rings. The molecule has 1 N–H and O–H groups in total. The first-order valence-corrected chi connectivity index (χ1v) is 13.8. The summed E-state index contributed by atoms with van der Waals surface area (Å²) in [5.41, 5.74) is 2.12. The summed E-state index contributed by atoms with van der Waals surface area (Å²) in [4.78, 5) is 29.7. The molecule has 36 heavy (non-hydrogen) atoms. The van der Waals surface area contributed by atoms with Crippen molar-refractivity contribution in [2.45, 2.75) is 77.9 Å². The molecule has 3 saturated heterocycles. The zero-order valence-electron chi connectivity index (χ0n) is 20.3. The van der Waals surface area contributed by atoms with E-state index in [-0.39, 0.29) is 25.7 Å². The van der Waals surface area contributed by atoms with Gasteiger partial charge in [-0.3, -0.25) is 14.5 Å². The molecule has 4 heterocycles. The molecule has 1 unspecified atom stereocenters. The molecule has 2 amide bonds. The van der Waals surface area contributed by atoms with Gasteiger partial charge in [-0.05, 0) is 69.3 Å². The smallest absolute Gasteiger partial charge is 0.231 e. The summed E-state index contributed by atoms with van der Waals surface area (Å²) in [7, 11) is 0. The average molecular weight is 514 g/mol. The second-order valence-electron chi connectivity index (χ2n) is 9.93. The van der Waals surface area contributed by atoms with Gasteiger partial charge in [0.15, 0.2) is 0 Å². The van der Waals surface area contributed by atoms with Gasteiger partial charge in [-0.2, -0.15) is 0 Å². The largest absolute Gasteiger partial charge is 0.378 e. The molecule has 0 spiro atoms. The van der Waals surface area contributed by atoms with Gasteiger partial charge in [-0.25, -0.2) is 0 Å². The van der Waals surface area contributed by atoms with Crippen molar-refractivity contribution in [2.24, 2.45) is 5.92 Å². The van der Waals surface area contributed by atoms with Crippen LogP contribution in [0.1, 0.15) is 69.4 Å². The zero-order valence-corrected chi connectivity index (χ0v) is 21.1. The Labute approximate surface area is 218 Å². The normalized spacial score (nSPS) is 22.9. The van der Waals surface area contributed by atoms with Crippen molar-refractivity contribution in [3.8, 4) is 0 Å². The van der Waals surface area contributed by atoms with E-state index < -0.39 is 5.92 Å². The third-order valence-electron chi connectivity index (χ3n) is 7.25. The number of anilines is 2. The maximum Gasteiger partial charge on any atom is 0.231 e. The minimum Gasteiger partial charge on any atom is -0.378 e. The highest BCUT2D eigenvalue weighted by molar-refractivity contribution is 7.15. The Morgan fingerprint density at radius 1 is 1.08 bits per heavy atom. The lowest BCUT2D eigenvalue weighted by atomic mass is 10.1. The number of aromatic nitrogens is 2. The number of hydrogen-bond acceptors (Lipinski definition) is 7. The van der Waals surface area contributed by atoms with Crippen LogP contribution in [0.25, 0.3) is 0 Å². The number of likely N-dealkylation sites (tertiary alicyclic amines) is 1. The number of amides is 2.